The van der Waals surface area contributed by atoms with E-state index in [9.17, 15) is 19.2 Å². The van der Waals surface area contributed by atoms with Crippen molar-refractivity contribution in [3.63, 3.8) is 0 Å². The van der Waals surface area contributed by atoms with Crippen molar-refractivity contribution in [3.05, 3.63) is 144 Å². The van der Waals surface area contributed by atoms with Gasteiger partial charge < -0.3 is 28.4 Å². The summed E-state index contributed by atoms with van der Waals surface area (Å²) in [6.45, 7) is -0.174. The number of unbranched alkanes of at least 4 members (excludes halogenated alkanes) is 7. The number of halogens is 1. The summed E-state index contributed by atoms with van der Waals surface area (Å²) >= 11 is 3.48. The monoisotopic (exact) mass is 814 g/mol. The molecule has 55 heavy (non-hydrogen) atoms. The maximum Gasteiger partial charge on any atom is 0.338 e. The van der Waals surface area contributed by atoms with Crippen molar-refractivity contribution in [2.75, 3.05) is 18.5 Å². The molecule has 0 unspecified atom stereocenters. The molecule has 1 aliphatic rings. The van der Waals surface area contributed by atoms with Crippen LogP contribution in [0.3, 0.4) is 0 Å². The molecular formula is C44H47BrO10. The van der Waals surface area contributed by atoms with Gasteiger partial charge in [0, 0.05) is 11.9 Å². The highest BCUT2D eigenvalue weighted by Gasteiger charge is 2.53. The predicted octanol–water partition coefficient (Wildman–Crippen LogP) is 8.78. The largest absolute Gasteiger partial charge is 0.459 e. The zero-order valence-corrected chi connectivity index (χ0v) is 32.3. The van der Waals surface area contributed by atoms with Crippen LogP contribution in [0, 0.1) is 0 Å². The summed E-state index contributed by atoms with van der Waals surface area (Å²) in [4.78, 5) is 54.2. The highest BCUT2D eigenvalue weighted by Crippen LogP contribution is 2.32. The van der Waals surface area contributed by atoms with Gasteiger partial charge in [0.25, 0.3) is 0 Å². The maximum absolute atomic E-state index is 13.8. The molecule has 0 aliphatic carbocycles. The van der Waals surface area contributed by atoms with E-state index in [1.165, 1.54) is 19.3 Å². The lowest BCUT2D eigenvalue weighted by molar-refractivity contribution is -0.298. The number of esters is 4. The fraction of sp³-hybridized carbons (Fsp3) is 0.364. The van der Waals surface area contributed by atoms with Crippen LogP contribution in [0.2, 0.25) is 0 Å². The molecule has 0 saturated carbocycles. The predicted molar refractivity (Wildman–Crippen MR) is 209 cm³/mol. The first kappa shape index (κ1) is 41.3. The van der Waals surface area contributed by atoms with Crippen LogP contribution in [-0.4, -0.2) is 73.1 Å². The van der Waals surface area contributed by atoms with Gasteiger partial charge in [-0.2, -0.15) is 0 Å². The van der Waals surface area contributed by atoms with E-state index in [0.717, 1.165) is 31.0 Å². The van der Waals surface area contributed by atoms with E-state index in [0.29, 0.717) is 12.0 Å². The molecule has 0 N–H and O–H groups in total. The highest BCUT2D eigenvalue weighted by molar-refractivity contribution is 9.09. The van der Waals surface area contributed by atoms with Gasteiger partial charge in [0.15, 0.2) is 24.6 Å². The summed E-state index contributed by atoms with van der Waals surface area (Å²) < 4.78 is 36.7. The number of carbonyl (C=O) groups is 4. The van der Waals surface area contributed by atoms with Crippen LogP contribution in [-0.2, 0) is 28.4 Å². The summed E-state index contributed by atoms with van der Waals surface area (Å²) in [7, 11) is 0. The molecule has 1 heterocycles. The maximum atomic E-state index is 13.8. The van der Waals surface area contributed by atoms with Crippen LogP contribution in [0.4, 0.5) is 0 Å². The molecule has 0 spiro atoms. The number of alkyl halides is 1. The Bertz CT molecular complexity index is 1760. The van der Waals surface area contributed by atoms with Gasteiger partial charge in [0.05, 0.1) is 22.3 Å². The second-order valence-corrected chi connectivity index (χ2v) is 13.9. The van der Waals surface area contributed by atoms with Gasteiger partial charge in [-0.15, -0.1) is 0 Å². The standard InChI is InChI=1S/C44H47BrO10/c45-29-19-5-3-1-2-4-6-20-30-50-44-39(55-43(49)35-27-17-10-18-28-35)38(54-42(48)34-25-15-9-16-26-34)37(53-41(47)33-23-13-8-14-24-33)36(52-44)31-51-40(46)32-21-11-7-12-22-32/h7-18,21-28,36-39,44H,1-6,19-20,29-31H2/t36-,37-,38+,39-,44-/m1/s1. The number of carbonyl (C=O) groups excluding carboxylic acids is 4. The van der Waals surface area contributed by atoms with Crippen molar-refractivity contribution in [1.82, 2.24) is 0 Å². The van der Waals surface area contributed by atoms with Crippen molar-refractivity contribution in [2.24, 2.45) is 0 Å². The van der Waals surface area contributed by atoms with Crippen LogP contribution in [0.5, 0.6) is 0 Å². The third-order valence-electron chi connectivity index (χ3n) is 9.05. The Kier molecular flexibility index (Phi) is 16.9. The molecule has 4 aromatic rings. The number of ether oxygens (including phenoxy) is 6. The third kappa shape index (κ3) is 12.9. The van der Waals surface area contributed by atoms with Crippen molar-refractivity contribution in [1.29, 1.82) is 0 Å². The summed E-state index contributed by atoms with van der Waals surface area (Å²) in [5.74, 6) is -2.89. The molecule has 0 aromatic heterocycles. The average molecular weight is 816 g/mol. The third-order valence-corrected chi connectivity index (χ3v) is 9.61. The summed E-state index contributed by atoms with van der Waals surface area (Å²) in [6, 6.07) is 33.3. The van der Waals surface area contributed by atoms with E-state index < -0.39 is 61.2 Å². The average Bonchev–Trinajstić information content (AvgIpc) is 3.23. The number of hydrogen-bond donors (Lipinski definition) is 0. The Hall–Kier alpha value is -4.84. The molecule has 5 rings (SSSR count). The molecule has 4 aromatic carbocycles. The molecular weight excluding hydrogens is 768 g/mol. The van der Waals surface area contributed by atoms with E-state index in [1.54, 1.807) is 121 Å². The van der Waals surface area contributed by atoms with Gasteiger partial charge in [-0.05, 0) is 61.4 Å². The number of rotatable bonds is 20. The number of benzene rings is 4. The van der Waals surface area contributed by atoms with Crippen LogP contribution >= 0.6 is 15.9 Å². The van der Waals surface area contributed by atoms with Gasteiger partial charge >= 0.3 is 23.9 Å². The van der Waals surface area contributed by atoms with Gasteiger partial charge in [0.2, 0.25) is 0 Å². The van der Waals surface area contributed by atoms with Crippen LogP contribution in [0.25, 0.3) is 0 Å². The Labute approximate surface area is 330 Å². The summed E-state index contributed by atoms with van der Waals surface area (Å²) in [5.41, 5.74) is 0.970. The first-order valence-electron chi connectivity index (χ1n) is 18.8. The SMILES string of the molecule is O=C(OC[C@H]1O[C@@H](OCCCCCCCCCCBr)[C@H](OC(=O)c2ccccc2)[C@@H](OC(=O)c2ccccc2)[C@@H]1OC(=O)c1ccccc1)c1ccccc1. The Morgan fingerprint density at radius 1 is 0.473 bits per heavy atom. The quantitative estimate of drug-likeness (QED) is 0.0370. The van der Waals surface area contributed by atoms with Crippen LogP contribution < -0.4 is 0 Å². The molecule has 290 valence electrons. The molecule has 1 fully saturated rings. The minimum atomic E-state index is -1.45. The van der Waals surface area contributed by atoms with E-state index in [2.05, 4.69) is 15.9 Å². The Morgan fingerprint density at radius 3 is 1.31 bits per heavy atom. The first-order valence-corrected chi connectivity index (χ1v) is 19.9. The fourth-order valence-electron chi connectivity index (χ4n) is 6.12. The minimum Gasteiger partial charge on any atom is -0.459 e. The second kappa shape index (κ2) is 22.5. The van der Waals surface area contributed by atoms with Crippen molar-refractivity contribution < 1.29 is 47.6 Å². The molecule has 1 saturated heterocycles. The molecule has 0 amide bonds. The molecule has 11 heteroatoms. The molecule has 5 atom stereocenters. The summed E-state index contributed by atoms with van der Waals surface area (Å²) in [6.07, 6.45) is 1.71. The van der Waals surface area contributed by atoms with Crippen LogP contribution in [0.15, 0.2) is 121 Å². The second-order valence-electron chi connectivity index (χ2n) is 13.1. The zero-order chi connectivity index (χ0) is 38.7. The smallest absolute Gasteiger partial charge is 0.338 e. The first-order chi connectivity index (χ1) is 26.9. The fourth-order valence-corrected chi connectivity index (χ4v) is 6.51. The lowest BCUT2D eigenvalue weighted by Gasteiger charge is -2.44. The van der Waals surface area contributed by atoms with Gasteiger partial charge in [-0.3, -0.25) is 0 Å². The molecule has 0 radical (unpaired) electrons. The van der Waals surface area contributed by atoms with E-state index in [-0.39, 0.29) is 23.3 Å². The summed E-state index contributed by atoms with van der Waals surface area (Å²) in [5, 5.41) is 1.02. The Morgan fingerprint density at radius 2 is 0.855 bits per heavy atom. The van der Waals surface area contributed by atoms with E-state index in [4.69, 9.17) is 28.4 Å². The molecule has 0 bridgehead atoms. The lowest BCUT2D eigenvalue weighted by atomic mass is 9.97. The van der Waals surface area contributed by atoms with E-state index >= 15 is 0 Å². The number of hydrogen-bond acceptors (Lipinski definition) is 10. The normalized spacial score (nSPS) is 19.2. The van der Waals surface area contributed by atoms with Crippen molar-refractivity contribution in [2.45, 2.75) is 82.1 Å². The van der Waals surface area contributed by atoms with Crippen molar-refractivity contribution >= 4 is 39.8 Å². The molecule has 10 nitrogen and oxygen atoms in total. The topological polar surface area (TPSA) is 124 Å². The Balaban J connectivity index is 1.44. The molecule has 1 aliphatic heterocycles. The van der Waals surface area contributed by atoms with Crippen LogP contribution in [0.1, 0.15) is 92.8 Å². The zero-order valence-electron chi connectivity index (χ0n) is 30.7. The highest BCUT2D eigenvalue weighted by atomic mass is 79.9. The van der Waals surface area contributed by atoms with E-state index in [1.807, 2.05) is 0 Å². The van der Waals surface area contributed by atoms with Gasteiger partial charge in [-0.1, -0.05) is 127 Å². The van der Waals surface area contributed by atoms with Crippen molar-refractivity contribution in [3.8, 4) is 0 Å². The minimum absolute atomic E-state index is 0.215. The van der Waals surface area contributed by atoms with Gasteiger partial charge in [-0.25, -0.2) is 19.2 Å². The lowest BCUT2D eigenvalue weighted by Crippen LogP contribution is -2.63. The van der Waals surface area contributed by atoms with Gasteiger partial charge in [0.1, 0.15) is 12.7 Å².